The summed E-state index contributed by atoms with van der Waals surface area (Å²) in [6.07, 6.45) is 0.832. The fourth-order valence-electron chi connectivity index (χ4n) is 4.21. The number of hydrogen-bond donors (Lipinski definition) is 1. The van der Waals surface area contributed by atoms with Gasteiger partial charge in [-0.25, -0.2) is 0 Å². The summed E-state index contributed by atoms with van der Waals surface area (Å²) in [4.78, 5) is 0. The van der Waals surface area contributed by atoms with Gasteiger partial charge in [0.1, 0.15) is 30.8 Å². The number of rotatable bonds is 10. The van der Waals surface area contributed by atoms with Gasteiger partial charge < -0.3 is 15.2 Å². The highest BCUT2D eigenvalue weighted by Gasteiger charge is 2.16. The van der Waals surface area contributed by atoms with Gasteiger partial charge in [0, 0.05) is 6.54 Å². The van der Waals surface area contributed by atoms with Crippen LogP contribution in [0.15, 0.2) is 103 Å². The summed E-state index contributed by atoms with van der Waals surface area (Å²) in [6, 6.07) is 36.6. The molecule has 2 N–H and O–H groups in total. The quantitative estimate of drug-likeness (QED) is 0.255. The first kappa shape index (κ1) is 24.8. The van der Waals surface area contributed by atoms with Crippen molar-refractivity contribution >= 4 is 11.1 Å². The van der Waals surface area contributed by atoms with Crippen molar-refractivity contribution in [2.75, 3.05) is 13.2 Å². The highest BCUT2D eigenvalue weighted by molar-refractivity contribution is 5.98. The van der Waals surface area contributed by atoms with Crippen LogP contribution < -0.4 is 15.2 Å². The fourth-order valence-corrected chi connectivity index (χ4v) is 4.21. The SMILES string of the molecule is CC/C(=C(/c1ccc(OCCN)cc1)c1ccc(OCc2ccccc2)c(C#N)c1)c1ccccc1. The first-order valence-corrected chi connectivity index (χ1v) is 12.2. The number of allylic oxidation sites excluding steroid dienone is 1. The van der Waals surface area contributed by atoms with Crippen LogP contribution in [0.3, 0.4) is 0 Å². The predicted molar refractivity (Wildman–Crippen MR) is 146 cm³/mol. The molecule has 0 bridgehead atoms. The van der Waals surface area contributed by atoms with E-state index in [4.69, 9.17) is 15.2 Å². The molecular formula is C32H30N2O2. The van der Waals surface area contributed by atoms with E-state index >= 15 is 0 Å². The first-order chi connectivity index (χ1) is 17.7. The molecule has 0 saturated heterocycles. The summed E-state index contributed by atoms with van der Waals surface area (Å²) in [6.45, 7) is 3.51. The van der Waals surface area contributed by atoms with Gasteiger partial charge in [0.05, 0.1) is 5.56 Å². The number of nitrogens with zero attached hydrogens (tertiary/aromatic N) is 1. The molecule has 0 heterocycles. The molecular weight excluding hydrogens is 444 g/mol. The molecule has 4 rings (SSSR count). The second-order valence-electron chi connectivity index (χ2n) is 8.33. The van der Waals surface area contributed by atoms with Crippen molar-refractivity contribution in [3.8, 4) is 17.6 Å². The molecule has 0 atom stereocenters. The van der Waals surface area contributed by atoms with Crippen LogP contribution in [0, 0.1) is 11.3 Å². The number of benzene rings is 4. The van der Waals surface area contributed by atoms with Gasteiger partial charge in [0.25, 0.3) is 0 Å². The van der Waals surface area contributed by atoms with E-state index in [-0.39, 0.29) is 0 Å². The van der Waals surface area contributed by atoms with Crippen LogP contribution >= 0.6 is 0 Å². The summed E-state index contributed by atoms with van der Waals surface area (Å²) in [5, 5.41) is 9.95. The smallest absolute Gasteiger partial charge is 0.137 e. The van der Waals surface area contributed by atoms with Gasteiger partial charge in [-0.15, -0.1) is 0 Å². The summed E-state index contributed by atoms with van der Waals surface area (Å²) >= 11 is 0. The fraction of sp³-hybridized carbons (Fsp3) is 0.156. The van der Waals surface area contributed by atoms with Gasteiger partial charge in [0.2, 0.25) is 0 Å². The van der Waals surface area contributed by atoms with E-state index in [0.717, 1.165) is 40.0 Å². The molecule has 180 valence electrons. The average molecular weight is 475 g/mol. The van der Waals surface area contributed by atoms with Crippen molar-refractivity contribution < 1.29 is 9.47 Å². The van der Waals surface area contributed by atoms with Crippen LogP contribution in [0.2, 0.25) is 0 Å². The third kappa shape index (κ3) is 6.02. The lowest BCUT2D eigenvalue weighted by Gasteiger charge is -2.18. The maximum absolute atomic E-state index is 9.95. The average Bonchev–Trinajstić information content (AvgIpc) is 2.95. The maximum atomic E-state index is 9.95. The molecule has 0 amide bonds. The number of hydrogen-bond acceptors (Lipinski definition) is 4. The standard InChI is InChI=1S/C32H30N2O2/c1-2-30(25-11-7-4-8-12-25)32(26-13-16-29(17-14-26)35-20-19-33)27-15-18-31(28(21-27)22-34)36-23-24-9-5-3-6-10-24/h3-18,21H,2,19-20,23,33H2,1H3/b32-30+. The molecule has 0 aliphatic carbocycles. The largest absolute Gasteiger partial charge is 0.492 e. The lowest BCUT2D eigenvalue weighted by atomic mass is 9.87. The third-order valence-corrected chi connectivity index (χ3v) is 5.93. The molecule has 4 aromatic rings. The normalized spacial score (nSPS) is 11.4. The topological polar surface area (TPSA) is 68.3 Å². The number of nitrogens with two attached hydrogens (primary N) is 1. The monoisotopic (exact) mass is 474 g/mol. The Balaban J connectivity index is 1.76. The first-order valence-electron chi connectivity index (χ1n) is 12.2. The Morgan fingerprint density at radius 3 is 2.08 bits per heavy atom. The van der Waals surface area contributed by atoms with E-state index < -0.39 is 0 Å². The van der Waals surface area contributed by atoms with Crippen molar-refractivity contribution in [3.63, 3.8) is 0 Å². The van der Waals surface area contributed by atoms with E-state index in [1.165, 1.54) is 5.57 Å². The Hall–Kier alpha value is -4.33. The third-order valence-electron chi connectivity index (χ3n) is 5.93. The van der Waals surface area contributed by atoms with Gasteiger partial charge in [-0.1, -0.05) is 85.8 Å². The summed E-state index contributed by atoms with van der Waals surface area (Å²) in [5.41, 5.74) is 12.6. The minimum atomic E-state index is 0.409. The molecule has 0 aromatic heterocycles. The van der Waals surface area contributed by atoms with Crippen molar-refractivity contribution in [2.45, 2.75) is 20.0 Å². The lowest BCUT2D eigenvalue weighted by molar-refractivity contribution is 0.305. The number of nitriles is 1. The van der Waals surface area contributed by atoms with Crippen LogP contribution in [0.4, 0.5) is 0 Å². The van der Waals surface area contributed by atoms with Crippen LogP contribution in [-0.2, 0) is 6.61 Å². The molecule has 0 fully saturated rings. The van der Waals surface area contributed by atoms with Gasteiger partial charge in [-0.2, -0.15) is 5.26 Å². The minimum Gasteiger partial charge on any atom is -0.492 e. The van der Waals surface area contributed by atoms with Crippen molar-refractivity contribution in [2.24, 2.45) is 5.73 Å². The van der Waals surface area contributed by atoms with E-state index in [1.807, 2.05) is 78.9 Å². The minimum absolute atomic E-state index is 0.409. The molecule has 4 heteroatoms. The van der Waals surface area contributed by atoms with E-state index in [9.17, 15) is 5.26 Å². The maximum Gasteiger partial charge on any atom is 0.137 e. The Bertz CT molecular complexity index is 1340. The molecule has 0 saturated carbocycles. The zero-order chi connectivity index (χ0) is 25.2. The van der Waals surface area contributed by atoms with E-state index in [0.29, 0.717) is 31.1 Å². The second-order valence-corrected chi connectivity index (χ2v) is 8.33. The molecule has 0 aliphatic heterocycles. The van der Waals surface area contributed by atoms with Crippen LogP contribution in [0.5, 0.6) is 11.5 Å². The molecule has 0 unspecified atom stereocenters. The molecule has 0 radical (unpaired) electrons. The summed E-state index contributed by atoms with van der Waals surface area (Å²) in [7, 11) is 0. The van der Waals surface area contributed by atoms with E-state index in [1.54, 1.807) is 0 Å². The van der Waals surface area contributed by atoms with Crippen molar-refractivity contribution in [3.05, 3.63) is 131 Å². The van der Waals surface area contributed by atoms with Crippen LogP contribution in [-0.4, -0.2) is 13.2 Å². The Labute approximate surface area is 213 Å². The Morgan fingerprint density at radius 2 is 1.44 bits per heavy atom. The van der Waals surface area contributed by atoms with Gasteiger partial charge in [0.15, 0.2) is 0 Å². The predicted octanol–water partition coefficient (Wildman–Crippen LogP) is 6.84. The van der Waals surface area contributed by atoms with Gasteiger partial charge in [-0.3, -0.25) is 0 Å². The summed E-state index contributed by atoms with van der Waals surface area (Å²) < 4.78 is 11.7. The zero-order valence-corrected chi connectivity index (χ0v) is 20.5. The van der Waals surface area contributed by atoms with Crippen molar-refractivity contribution in [1.29, 1.82) is 5.26 Å². The summed E-state index contributed by atoms with van der Waals surface area (Å²) in [5.74, 6) is 1.36. The highest BCUT2D eigenvalue weighted by atomic mass is 16.5. The second kappa shape index (κ2) is 12.4. The molecule has 36 heavy (non-hydrogen) atoms. The van der Waals surface area contributed by atoms with Gasteiger partial charge in [-0.05, 0) is 64.1 Å². The van der Waals surface area contributed by atoms with E-state index in [2.05, 4.69) is 37.3 Å². The highest BCUT2D eigenvalue weighted by Crippen LogP contribution is 2.36. The van der Waals surface area contributed by atoms with Crippen LogP contribution in [0.25, 0.3) is 11.1 Å². The lowest BCUT2D eigenvalue weighted by Crippen LogP contribution is -2.10. The number of ether oxygens (including phenoxy) is 2. The Morgan fingerprint density at radius 1 is 0.778 bits per heavy atom. The Kier molecular flexibility index (Phi) is 8.53. The molecule has 0 aliphatic rings. The molecule has 4 nitrogen and oxygen atoms in total. The zero-order valence-electron chi connectivity index (χ0n) is 20.5. The molecule has 4 aromatic carbocycles. The van der Waals surface area contributed by atoms with Crippen molar-refractivity contribution in [1.82, 2.24) is 0 Å². The van der Waals surface area contributed by atoms with Gasteiger partial charge >= 0.3 is 0 Å². The molecule has 0 spiro atoms. The van der Waals surface area contributed by atoms with Crippen LogP contribution in [0.1, 0.15) is 41.2 Å².